The molecule has 0 aliphatic rings. The summed E-state index contributed by atoms with van der Waals surface area (Å²) in [5.41, 5.74) is 2.50. The Balaban J connectivity index is 2.42. The van der Waals surface area contributed by atoms with Gasteiger partial charge in [0.25, 0.3) is 0 Å². The molecule has 0 aliphatic heterocycles. The van der Waals surface area contributed by atoms with E-state index in [2.05, 4.69) is 5.16 Å². The van der Waals surface area contributed by atoms with Crippen LogP contribution in [0.2, 0.25) is 0 Å². The Morgan fingerprint density at radius 2 is 1.94 bits per heavy atom. The molecule has 1 aromatic carbocycles. The smallest absolute Gasteiger partial charge is 0.138 e. The topological polar surface area (TPSA) is 52.3 Å². The molecule has 2 aromatic rings. The lowest BCUT2D eigenvalue weighted by Gasteiger charge is -2.11. The third-order valence-electron chi connectivity index (χ3n) is 3.01. The van der Waals surface area contributed by atoms with Crippen LogP contribution in [0.25, 0.3) is 0 Å². The summed E-state index contributed by atoms with van der Waals surface area (Å²) in [4.78, 5) is 11.4. The Hall–Kier alpha value is -2.10. The molecule has 4 nitrogen and oxygen atoms in total. The summed E-state index contributed by atoms with van der Waals surface area (Å²) in [5.74, 6) is 1.10. The highest BCUT2D eigenvalue weighted by Gasteiger charge is 2.21. The largest absolute Gasteiger partial charge is 0.497 e. The molecule has 0 fully saturated rings. The van der Waals surface area contributed by atoms with E-state index in [9.17, 15) is 4.79 Å². The van der Waals surface area contributed by atoms with Crippen LogP contribution in [-0.4, -0.2) is 18.6 Å². The van der Waals surface area contributed by atoms with E-state index in [0.717, 1.165) is 28.9 Å². The number of aromatic nitrogens is 1. The van der Waals surface area contributed by atoms with Gasteiger partial charge in [-0.3, -0.25) is 0 Å². The molecule has 0 N–H and O–H groups in total. The minimum absolute atomic E-state index is 0.345. The summed E-state index contributed by atoms with van der Waals surface area (Å²) in [6.07, 6.45) is 0.911. The number of aryl methyl sites for hydroxylation is 2. The molecule has 0 bridgehead atoms. The van der Waals surface area contributed by atoms with Gasteiger partial charge in [0, 0.05) is 5.56 Å². The monoisotopic (exact) mass is 245 g/mol. The summed E-state index contributed by atoms with van der Waals surface area (Å²) in [5, 5.41) is 3.89. The number of hydrogen-bond donors (Lipinski definition) is 0. The number of nitrogens with zero attached hydrogens (tertiary/aromatic N) is 1. The van der Waals surface area contributed by atoms with Crippen molar-refractivity contribution >= 4 is 6.29 Å². The van der Waals surface area contributed by atoms with Crippen molar-refractivity contribution in [3.63, 3.8) is 0 Å². The third kappa shape index (κ3) is 2.14. The van der Waals surface area contributed by atoms with Gasteiger partial charge < -0.3 is 14.1 Å². The molecule has 0 spiro atoms. The van der Waals surface area contributed by atoms with Gasteiger partial charge in [-0.05, 0) is 31.5 Å². The number of carbonyl (C=O) groups is 1. The van der Waals surface area contributed by atoms with Crippen molar-refractivity contribution in [1.82, 2.24) is 5.16 Å². The van der Waals surface area contributed by atoms with Crippen molar-refractivity contribution in [3.05, 3.63) is 46.8 Å². The second-order valence-electron chi connectivity index (χ2n) is 4.12. The number of methoxy groups -OCH3 is 1. The zero-order valence-corrected chi connectivity index (χ0v) is 10.6. The van der Waals surface area contributed by atoms with Crippen molar-refractivity contribution < 1.29 is 14.1 Å². The zero-order chi connectivity index (χ0) is 13.1. The molecule has 0 saturated carbocycles. The predicted molar refractivity (Wildman–Crippen MR) is 66.9 cm³/mol. The normalized spacial score (nSPS) is 12.2. The van der Waals surface area contributed by atoms with Crippen LogP contribution in [0.1, 0.15) is 28.5 Å². The molecule has 2 rings (SSSR count). The second kappa shape index (κ2) is 5.04. The third-order valence-corrected chi connectivity index (χ3v) is 3.01. The molecule has 0 aliphatic carbocycles. The maximum Gasteiger partial charge on any atom is 0.138 e. The maximum absolute atomic E-state index is 11.4. The molecule has 94 valence electrons. The molecule has 18 heavy (non-hydrogen) atoms. The Morgan fingerprint density at radius 3 is 2.39 bits per heavy atom. The van der Waals surface area contributed by atoms with Crippen LogP contribution in [0, 0.1) is 13.8 Å². The number of carbonyl (C=O) groups excluding carboxylic acids is 1. The average molecular weight is 245 g/mol. The summed E-state index contributed by atoms with van der Waals surface area (Å²) >= 11 is 0. The van der Waals surface area contributed by atoms with E-state index in [1.165, 1.54) is 0 Å². The minimum atomic E-state index is -0.345. The van der Waals surface area contributed by atoms with E-state index in [4.69, 9.17) is 9.26 Å². The van der Waals surface area contributed by atoms with Crippen LogP contribution in [0.5, 0.6) is 5.75 Å². The molecular formula is C14H15NO3. The molecular weight excluding hydrogens is 230 g/mol. The Kier molecular flexibility index (Phi) is 3.46. The van der Waals surface area contributed by atoms with Crippen LogP contribution in [0.15, 0.2) is 28.8 Å². The molecule has 1 heterocycles. The first kappa shape index (κ1) is 12.4. The van der Waals surface area contributed by atoms with Crippen LogP contribution >= 0.6 is 0 Å². The SMILES string of the molecule is COc1ccc(C(C=O)c2c(C)noc2C)cc1. The van der Waals surface area contributed by atoms with Gasteiger partial charge in [0.15, 0.2) is 0 Å². The fraction of sp³-hybridized carbons (Fsp3) is 0.286. The van der Waals surface area contributed by atoms with Crippen LogP contribution in [-0.2, 0) is 4.79 Å². The van der Waals surface area contributed by atoms with Gasteiger partial charge in [-0.15, -0.1) is 0 Å². The highest BCUT2D eigenvalue weighted by molar-refractivity contribution is 5.69. The summed E-state index contributed by atoms with van der Waals surface area (Å²) in [6, 6.07) is 7.43. The lowest BCUT2D eigenvalue weighted by atomic mass is 9.91. The quantitative estimate of drug-likeness (QED) is 0.777. The molecule has 1 aromatic heterocycles. The van der Waals surface area contributed by atoms with Crippen molar-refractivity contribution in [3.8, 4) is 5.75 Å². The number of ether oxygens (including phenoxy) is 1. The van der Waals surface area contributed by atoms with Crippen molar-refractivity contribution in [2.45, 2.75) is 19.8 Å². The molecule has 0 amide bonds. The van der Waals surface area contributed by atoms with Gasteiger partial charge in [0.1, 0.15) is 17.8 Å². The number of aldehydes is 1. The summed E-state index contributed by atoms with van der Waals surface area (Å²) in [7, 11) is 1.61. The van der Waals surface area contributed by atoms with E-state index in [1.54, 1.807) is 7.11 Å². The second-order valence-corrected chi connectivity index (χ2v) is 4.12. The van der Waals surface area contributed by atoms with Gasteiger partial charge in [0.05, 0.1) is 18.7 Å². The Bertz CT molecular complexity index is 523. The number of rotatable bonds is 4. The van der Waals surface area contributed by atoms with E-state index in [0.29, 0.717) is 5.76 Å². The zero-order valence-electron chi connectivity index (χ0n) is 10.6. The van der Waals surface area contributed by atoms with E-state index < -0.39 is 0 Å². The van der Waals surface area contributed by atoms with E-state index >= 15 is 0 Å². The molecule has 0 radical (unpaired) electrons. The predicted octanol–water partition coefficient (Wildman–Crippen LogP) is 2.63. The van der Waals surface area contributed by atoms with Crippen LogP contribution in [0.4, 0.5) is 0 Å². The number of hydrogen-bond acceptors (Lipinski definition) is 4. The minimum Gasteiger partial charge on any atom is -0.497 e. The van der Waals surface area contributed by atoms with Crippen molar-refractivity contribution in [2.24, 2.45) is 0 Å². The Morgan fingerprint density at radius 1 is 1.28 bits per heavy atom. The van der Waals surface area contributed by atoms with Crippen LogP contribution in [0.3, 0.4) is 0 Å². The van der Waals surface area contributed by atoms with Gasteiger partial charge >= 0.3 is 0 Å². The first-order valence-corrected chi connectivity index (χ1v) is 5.69. The average Bonchev–Trinajstić information content (AvgIpc) is 2.72. The standard InChI is InChI=1S/C14H15NO3/c1-9-14(10(2)18-15-9)13(8-16)11-4-6-12(17-3)7-5-11/h4-8,13H,1-3H3. The molecule has 1 unspecified atom stereocenters. The summed E-state index contributed by atoms with van der Waals surface area (Å²) in [6.45, 7) is 3.65. The van der Waals surface area contributed by atoms with Gasteiger partial charge in [-0.25, -0.2) is 0 Å². The highest BCUT2D eigenvalue weighted by Crippen LogP contribution is 2.29. The van der Waals surface area contributed by atoms with Gasteiger partial charge in [-0.2, -0.15) is 0 Å². The first-order valence-electron chi connectivity index (χ1n) is 5.69. The maximum atomic E-state index is 11.4. The van der Waals surface area contributed by atoms with Crippen molar-refractivity contribution in [2.75, 3.05) is 7.11 Å². The lowest BCUT2D eigenvalue weighted by Crippen LogP contribution is -2.04. The van der Waals surface area contributed by atoms with E-state index in [-0.39, 0.29) is 5.92 Å². The van der Waals surface area contributed by atoms with Crippen LogP contribution < -0.4 is 4.74 Å². The van der Waals surface area contributed by atoms with Gasteiger partial charge in [-0.1, -0.05) is 17.3 Å². The van der Waals surface area contributed by atoms with Gasteiger partial charge in [0.2, 0.25) is 0 Å². The Labute approximate surface area is 106 Å². The lowest BCUT2D eigenvalue weighted by molar-refractivity contribution is -0.108. The molecule has 4 heteroatoms. The van der Waals surface area contributed by atoms with Crippen molar-refractivity contribution in [1.29, 1.82) is 0 Å². The fourth-order valence-electron chi connectivity index (χ4n) is 2.06. The van der Waals surface area contributed by atoms with E-state index in [1.807, 2.05) is 38.1 Å². The molecule has 1 atom stereocenters. The highest BCUT2D eigenvalue weighted by atomic mass is 16.5. The number of benzene rings is 1. The first-order chi connectivity index (χ1) is 8.67. The molecule has 0 saturated heterocycles. The summed E-state index contributed by atoms with van der Waals surface area (Å²) < 4.78 is 10.2. The fourth-order valence-corrected chi connectivity index (χ4v) is 2.06.